The zero-order chi connectivity index (χ0) is 25.9. The minimum Gasteiger partial charge on any atom is -0.493 e. The fraction of sp³-hybridized carbons (Fsp3) is 0.393. The highest BCUT2D eigenvalue weighted by molar-refractivity contribution is 9.10. The summed E-state index contributed by atoms with van der Waals surface area (Å²) in [5, 5.41) is 0.589. The second-order valence-corrected chi connectivity index (χ2v) is 13.6. The maximum Gasteiger partial charge on any atom is 0.317 e. The summed E-state index contributed by atoms with van der Waals surface area (Å²) in [5.41, 5.74) is 1.03. The molecule has 2 aromatic carbocycles. The van der Waals surface area contributed by atoms with Gasteiger partial charge < -0.3 is 9.47 Å². The molecule has 4 saturated carbocycles. The normalized spacial score (nSPS) is 29.3. The van der Waals surface area contributed by atoms with Crippen LogP contribution < -0.4 is 14.4 Å². The molecule has 0 radical (unpaired) electrons. The van der Waals surface area contributed by atoms with Crippen LogP contribution in [0.5, 0.6) is 11.5 Å². The van der Waals surface area contributed by atoms with E-state index in [1.807, 2.05) is 6.07 Å². The molecule has 7 rings (SSSR count). The number of hydrogen-bond donors (Lipinski definition) is 0. The Balaban J connectivity index is 1.25. The van der Waals surface area contributed by atoms with Gasteiger partial charge in [-0.1, -0.05) is 35.6 Å². The van der Waals surface area contributed by atoms with Crippen LogP contribution in [0.4, 0.5) is 5.69 Å². The molecule has 5 nitrogen and oxygen atoms in total. The van der Waals surface area contributed by atoms with Crippen molar-refractivity contribution >= 4 is 79.5 Å². The lowest BCUT2D eigenvalue weighted by Crippen LogP contribution is -2.51. The fourth-order valence-electron chi connectivity index (χ4n) is 6.92. The molecule has 1 aliphatic heterocycles. The van der Waals surface area contributed by atoms with Gasteiger partial charge in [-0.2, -0.15) is 0 Å². The Morgan fingerprint density at radius 3 is 2.35 bits per heavy atom. The Morgan fingerprint density at radius 1 is 1.14 bits per heavy atom. The molecule has 0 aromatic heterocycles. The van der Waals surface area contributed by atoms with Gasteiger partial charge in [-0.3, -0.25) is 14.5 Å². The summed E-state index contributed by atoms with van der Waals surface area (Å²) in [5.74, 6) is 2.43. The number of amides is 1. The fourth-order valence-corrected chi connectivity index (χ4v) is 8.88. The van der Waals surface area contributed by atoms with Gasteiger partial charge in [0.15, 0.2) is 15.8 Å². The van der Waals surface area contributed by atoms with Crippen LogP contribution in [0.25, 0.3) is 6.08 Å². The number of hydrogen-bond acceptors (Lipinski definition) is 6. The van der Waals surface area contributed by atoms with E-state index < -0.39 is 0 Å². The highest BCUT2D eigenvalue weighted by Gasteiger charge is 2.55. The predicted octanol–water partition coefficient (Wildman–Crippen LogP) is 7.64. The van der Waals surface area contributed by atoms with Gasteiger partial charge in [0.2, 0.25) is 0 Å². The third-order valence-electron chi connectivity index (χ3n) is 8.09. The molecule has 0 unspecified atom stereocenters. The molecule has 2 aromatic rings. The van der Waals surface area contributed by atoms with Gasteiger partial charge in [-0.05, 0) is 120 Å². The molecule has 192 valence electrons. The van der Waals surface area contributed by atoms with Crippen molar-refractivity contribution in [3.05, 3.63) is 56.4 Å². The zero-order valence-corrected chi connectivity index (χ0v) is 24.1. The molecular formula is C28H25BrClNO4S2. The summed E-state index contributed by atoms with van der Waals surface area (Å²) in [6, 6.07) is 10.6. The number of rotatable bonds is 5. The van der Waals surface area contributed by atoms with Crippen molar-refractivity contribution < 1.29 is 19.1 Å². The summed E-state index contributed by atoms with van der Waals surface area (Å²) in [4.78, 5) is 28.7. The third-order valence-corrected chi connectivity index (χ3v) is 10.2. The first kappa shape index (κ1) is 25.4. The number of carbonyl (C=O) groups excluding carboxylic acids is 2. The van der Waals surface area contributed by atoms with Gasteiger partial charge in [-0.15, -0.1) is 0 Å². The predicted molar refractivity (Wildman–Crippen MR) is 154 cm³/mol. The Hall–Kier alpha value is -1.87. The molecule has 9 heteroatoms. The maximum atomic E-state index is 13.5. The summed E-state index contributed by atoms with van der Waals surface area (Å²) in [6.45, 7) is 0. The average molecular weight is 619 g/mol. The van der Waals surface area contributed by atoms with Crippen LogP contribution in [0.1, 0.15) is 44.1 Å². The quantitative estimate of drug-likeness (QED) is 0.149. The Labute approximate surface area is 239 Å². The van der Waals surface area contributed by atoms with Crippen molar-refractivity contribution in [1.29, 1.82) is 0 Å². The van der Waals surface area contributed by atoms with E-state index in [1.165, 1.54) is 35.9 Å². The standard InChI is InChI=1S/C28H25BrClNO4S2/c1-34-22-10-15(11-23-25(32)31(27(36)37-23)20-4-2-19(30)3-5-20)9-21(29)24(22)35-26(33)28-12-16-6-17(13-28)8-18(7-16)14-28/h2-5,9-11,16-18H,6-8,12-14H2,1H3/b23-11+. The van der Waals surface area contributed by atoms with Gasteiger partial charge in [0.1, 0.15) is 0 Å². The first-order chi connectivity index (χ1) is 17.7. The Kier molecular flexibility index (Phi) is 6.66. The number of anilines is 1. The summed E-state index contributed by atoms with van der Waals surface area (Å²) >= 11 is 16.3. The molecule has 1 amide bonds. The molecule has 0 spiro atoms. The molecule has 4 aliphatic carbocycles. The molecule has 37 heavy (non-hydrogen) atoms. The molecular weight excluding hydrogens is 594 g/mol. The second kappa shape index (κ2) is 9.70. The van der Waals surface area contributed by atoms with Crippen molar-refractivity contribution in [3.8, 4) is 11.5 Å². The third kappa shape index (κ3) is 4.64. The van der Waals surface area contributed by atoms with Crippen molar-refractivity contribution in [2.24, 2.45) is 23.2 Å². The van der Waals surface area contributed by atoms with Gasteiger partial charge in [-0.25, -0.2) is 0 Å². The van der Waals surface area contributed by atoms with Crippen molar-refractivity contribution in [2.75, 3.05) is 12.0 Å². The summed E-state index contributed by atoms with van der Waals surface area (Å²) in [7, 11) is 1.55. The number of thioether (sulfide) groups is 1. The first-order valence-corrected chi connectivity index (χ1v) is 14.8. The number of carbonyl (C=O) groups is 2. The molecule has 4 bridgehead atoms. The number of methoxy groups -OCH3 is 1. The topological polar surface area (TPSA) is 55.8 Å². The summed E-state index contributed by atoms with van der Waals surface area (Å²) in [6.07, 6.45) is 8.37. The van der Waals surface area contributed by atoms with Crippen LogP contribution in [-0.4, -0.2) is 23.3 Å². The Bertz CT molecular complexity index is 1310. The first-order valence-electron chi connectivity index (χ1n) is 12.4. The van der Waals surface area contributed by atoms with E-state index in [2.05, 4.69) is 15.9 Å². The van der Waals surface area contributed by atoms with E-state index >= 15 is 0 Å². The van der Waals surface area contributed by atoms with Crippen LogP contribution in [-0.2, 0) is 9.59 Å². The molecule has 0 atom stereocenters. The SMILES string of the molecule is COc1cc(/C=C2/SC(=S)N(c3ccc(Cl)cc3)C2=O)cc(Br)c1OC(=O)C12CC3CC(CC(C3)C1)C2. The van der Waals surface area contributed by atoms with Crippen LogP contribution in [0, 0.1) is 23.2 Å². The van der Waals surface area contributed by atoms with Gasteiger partial charge >= 0.3 is 5.97 Å². The van der Waals surface area contributed by atoms with Gasteiger partial charge in [0.25, 0.3) is 5.91 Å². The smallest absolute Gasteiger partial charge is 0.317 e. The lowest BCUT2D eigenvalue weighted by atomic mass is 9.49. The molecule has 1 saturated heterocycles. The van der Waals surface area contributed by atoms with Gasteiger partial charge in [0, 0.05) is 5.02 Å². The molecule has 5 fully saturated rings. The minimum atomic E-state index is -0.367. The lowest BCUT2D eigenvalue weighted by molar-refractivity contribution is -0.161. The highest BCUT2D eigenvalue weighted by Crippen LogP contribution is 2.60. The van der Waals surface area contributed by atoms with E-state index in [4.69, 9.17) is 33.3 Å². The minimum absolute atomic E-state index is 0.137. The van der Waals surface area contributed by atoms with Crippen LogP contribution >= 0.6 is 51.5 Å². The zero-order valence-electron chi connectivity index (χ0n) is 20.2. The van der Waals surface area contributed by atoms with Crippen LogP contribution in [0.3, 0.4) is 0 Å². The van der Waals surface area contributed by atoms with Crippen LogP contribution in [0.2, 0.25) is 5.02 Å². The number of benzene rings is 2. The van der Waals surface area contributed by atoms with E-state index in [9.17, 15) is 9.59 Å². The molecule has 1 heterocycles. The molecule has 0 N–H and O–H groups in total. The van der Waals surface area contributed by atoms with E-state index in [1.54, 1.807) is 43.5 Å². The van der Waals surface area contributed by atoms with E-state index in [0.717, 1.165) is 24.8 Å². The lowest BCUT2D eigenvalue weighted by Gasteiger charge is -2.55. The average Bonchev–Trinajstić information content (AvgIpc) is 3.12. The summed E-state index contributed by atoms with van der Waals surface area (Å²) < 4.78 is 12.7. The number of thiocarbonyl (C=S) groups is 1. The highest BCUT2D eigenvalue weighted by atomic mass is 79.9. The van der Waals surface area contributed by atoms with Crippen molar-refractivity contribution in [1.82, 2.24) is 0 Å². The number of halogens is 2. The monoisotopic (exact) mass is 617 g/mol. The molecule has 5 aliphatic rings. The Morgan fingerprint density at radius 2 is 1.76 bits per heavy atom. The maximum absolute atomic E-state index is 13.5. The van der Waals surface area contributed by atoms with Crippen molar-refractivity contribution in [3.63, 3.8) is 0 Å². The number of nitrogens with zero attached hydrogens (tertiary/aromatic N) is 1. The van der Waals surface area contributed by atoms with Crippen molar-refractivity contribution in [2.45, 2.75) is 38.5 Å². The van der Waals surface area contributed by atoms with E-state index in [0.29, 0.717) is 53.7 Å². The number of esters is 1. The number of ether oxygens (including phenoxy) is 2. The van der Waals surface area contributed by atoms with Crippen LogP contribution in [0.15, 0.2) is 45.8 Å². The van der Waals surface area contributed by atoms with Gasteiger partial charge in [0.05, 0.1) is 27.6 Å². The second-order valence-electron chi connectivity index (χ2n) is 10.6. The van der Waals surface area contributed by atoms with E-state index in [-0.39, 0.29) is 17.3 Å². The largest absolute Gasteiger partial charge is 0.493 e.